The molecule has 0 spiro atoms. The van der Waals surface area contributed by atoms with Crippen molar-refractivity contribution in [1.29, 1.82) is 0 Å². The number of hydrogen-bond donors (Lipinski definition) is 1. The number of carbonyl (C=O) groups excluding carboxylic acids is 1. The molecule has 0 bridgehead atoms. The van der Waals surface area contributed by atoms with Crippen LogP contribution in [0.25, 0.3) is 0 Å². The molecule has 3 atom stereocenters. The lowest BCUT2D eigenvalue weighted by Gasteiger charge is -2.27. The number of hydrogen-bond acceptors (Lipinski definition) is 3. The van der Waals surface area contributed by atoms with Crippen molar-refractivity contribution in [1.82, 2.24) is 9.88 Å². The van der Waals surface area contributed by atoms with Crippen molar-refractivity contribution in [2.75, 3.05) is 6.54 Å². The van der Waals surface area contributed by atoms with E-state index in [0.717, 1.165) is 37.8 Å². The van der Waals surface area contributed by atoms with Gasteiger partial charge in [0.05, 0.1) is 6.04 Å². The molecule has 0 radical (unpaired) electrons. The second kappa shape index (κ2) is 5.92. The minimum absolute atomic E-state index is 0.217. The summed E-state index contributed by atoms with van der Waals surface area (Å²) in [6.07, 6.45) is 9.78. The summed E-state index contributed by atoms with van der Waals surface area (Å²) < 4.78 is 0. The number of rotatable bonds is 3. The van der Waals surface area contributed by atoms with Crippen molar-refractivity contribution < 1.29 is 4.79 Å². The Kier molecular flexibility index (Phi) is 4.01. The van der Waals surface area contributed by atoms with E-state index in [-0.39, 0.29) is 18.0 Å². The Morgan fingerprint density at radius 3 is 2.95 bits per heavy atom. The Morgan fingerprint density at radius 2 is 2.25 bits per heavy atom. The van der Waals surface area contributed by atoms with Crippen LogP contribution in [0.4, 0.5) is 0 Å². The fourth-order valence-corrected chi connectivity index (χ4v) is 3.65. The molecule has 2 heterocycles. The van der Waals surface area contributed by atoms with Crippen molar-refractivity contribution in [3.8, 4) is 0 Å². The van der Waals surface area contributed by atoms with Gasteiger partial charge in [0, 0.05) is 31.4 Å². The summed E-state index contributed by atoms with van der Waals surface area (Å²) in [5.74, 6) is 0.663. The van der Waals surface area contributed by atoms with Crippen LogP contribution < -0.4 is 5.73 Å². The van der Waals surface area contributed by atoms with Gasteiger partial charge < -0.3 is 10.6 Å². The minimum Gasteiger partial charge on any atom is -0.336 e. The van der Waals surface area contributed by atoms with Crippen LogP contribution in [0.1, 0.15) is 50.1 Å². The van der Waals surface area contributed by atoms with E-state index in [1.165, 1.54) is 6.42 Å². The lowest BCUT2D eigenvalue weighted by molar-refractivity contribution is -0.133. The second-order valence-corrected chi connectivity index (χ2v) is 6.09. The first-order chi connectivity index (χ1) is 9.75. The maximum atomic E-state index is 12.6. The number of nitrogens with zero attached hydrogens (tertiary/aromatic N) is 2. The molecule has 20 heavy (non-hydrogen) atoms. The van der Waals surface area contributed by atoms with Crippen LogP contribution in [0, 0.1) is 5.92 Å². The summed E-state index contributed by atoms with van der Waals surface area (Å²) >= 11 is 0. The van der Waals surface area contributed by atoms with E-state index in [9.17, 15) is 4.79 Å². The third-order valence-electron chi connectivity index (χ3n) is 4.80. The molecule has 1 saturated carbocycles. The molecule has 1 aromatic rings. The van der Waals surface area contributed by atoms with Crippen LogP contribution in [-0.4, -0.2) is 28.4 Å². The second-order valence-electron chi connectivity index (χ2n) is 6.09. The van der Waals surface area contributed by atoms with E-state index in [1.54, 1.807) is 6.20 Å². The summed E-state index contributed by atoms with van der Waals surface area (Å²) in [5.41, 5.74) is 7.25. The molecular weight excluding hydrogens is 250 g/mol. The molecule has 1 amide bonds. The molecule has 2 fully saturated rings. The van der Waals surface area contributed by atoms with Crippen LogP contribution in [0.5, 0.6) is 0 Å². The van der Waals surface area contributed by atoms with Crippen molar-refractivity contribution in [2.24, 2.45) is 11.7 Å². The van der Waals surface area contributed by atoms with Gasteiger partial charge in [-0.3, -0.25) is 9.78 Å². The molecule has 2 aliphatic rings. The Hall–Kier alpha value is -1.42. The summed E-state index contributed by atoms with van der Waals surface area (Å²) in [7, 11) is 0. The molecule has 4 nitrogen and oxygen atoms in total. The maximum absolute atomic E-state index is 12.6. The van der Waals surface area contributed by atoms with Crippen molar-refractivity contribution in [3.63, 3.8) is 0 Å². The van der Waals surface area contributed by atoms with E-state index >= 15 is 0 Å². The summed E-state index contributed by atoms with van der Waals surface area (Å²) in [6, 6.07) is 4.46. The SMILES string of the molecule is N[C@@H]1CCC[C@H]1CC(=O)N1CCCC1c1cccnc1. The van der Waals surface area contributed by atoms with Crippen LogP contribution in [0.15, 0.2) is 24.5 Å². The average Bonchev–Trinajstić information content (AvgIpc) is 3.09. The van der Waals surface area contributed by atoms with E-state index in [1.807, 2.05) is 17.2 Å². The Bertz CT molecular complexity index is 462. The van der Waals surface area contributed by atoms with Gasteiger partial charge in [-0.2, -0.15) is 0 Å². The lowest BCUT2D eigenvalue weighted by atomic mass is 9.98. The number of aromatic nitrogens is 1. The molecule has 3 rings (SSSR count). The molecule has 1 unspecified atom stereocenters. The number of likely N-dealkylation sites (tertiary alicyclic amines) is 1. The van der Waals surface area contributed by atoms with Crippen molar-refractivity contribution >= 4 is 5.91 Å². The highest BCUT2D eigenvalue weighted by atomic mass is 16.2. The van der Waals surface area contributed by atoms with E-state index in [0.29, 0.717) is 12.3 Å². The van der Waals surface area contributed by atoms with Crippen molar-refractivity contribution in [2.45, 2.75) is 50.6 Å². The summed E-state index contributed by atoms with van der Waals surface area (Å²) in [6.45, 7) is 0.875. The van der Waals surface area contributed by atoms with Crippen molar-refractivity contribution in [3.05, 3.63) is 30.1 Å². The first-order valence-electron chi connectivity index (χ1n) is 7.70. The highest BCUT2D eigenvalue weighted by Crippen LogP contribution is 2.34. The summed E-state index contributed by atoms with van der Waals surface area (Å²) in [4.78, 5) is 18.8. The normalized spacial score (nSPS) is 29.9. The van der Waals surface area contributed by atoms with E-state index < -0.39 is 0 Å². The Balaban J connectivity index is 1.67. The lowest BCUT2D eigenvalue weighted by Crippen LogP contribution is -2.35. The third kappa shape index (κ3) is 2.70. The number of nitrogens with two attached hydrogens (primary N) is 1. The first kappa shape index (κ1) is 13.6. The fourth-order valence-electron chi connectivity index (χ4n) is 3.65. The molecular formula is C16H23N3O. The molecule has 1 aromatic heterocycles. The van der Waals surface area contributed by atoms with Gasteiger partial charge >= 0.3 is 0 Å². The monoisotopic (exact) mass is 273 g/mol. The van der Waals surface area contributed by atoms with Gasteiger partial charge in [-0.1, -0.05) is 12.5 Å². The minimum atomic E-state index is 0.217. The van der Waals surface area contributed by atoms with Gasteiger partial charge in [0.25, 0.3) is 0 Å². The predicted molar refractivity (Wildman–Crippen MR) is 77.9 cm³/mol. The largest absolute Gasteiger partial charge is 0.336 e. The molecule has 1 aliphatic carbocycles. The van der Waals surface area contributed by atoms with Crippen LogP contribution >= 0.6 is 0 Å². The van der Waals surface area contributed by atoms with E-state index in [4.69, 9.17) is 5.73 Å². The third-order valence-corrected chi connectivity index (χ3v) is 4.80. The zero-order valence-electron chi connectivity index (χ0n) is 11.9. The first-order valence-corrected chi connectivity index (χ1v) is 7.70. The fraction of sp³-hybridized carbons (Fsp3) is 0.625. The maximum Gasteiger partial charge on any atom is 0.223 e. The van der Waals surface area contributed by atoms with Gasteiger partial charge in [-0.15, -0.1) is 0 Å². The predicted octanol–water partition coefficient (Wildman–Crippen LogP) is 2.26. The summed E-state index contributed by atoms with van der Waals surface area (Å²) in [5, 5.41) is 0. The molecule has 108 valence electrons. The number of amides is 1. The van der Waals surface area contributed by atoms with Gasteiger partial charge in [-0.05, 0) is 43.2 Å². The van der Waals surface area contributed by atoms with Gasteiger partial charge in [0.15, 0.2) is 0 Å². The van der Waals surface area contributed by atoms with E-state index in [2.05, 4.69) is 11.1 Å². The van der Waals surface area contributed by atoms with Crippen LogP contribution in [0.3, 0.4) is 0 Å². The molecule has 1 aliphatic heterocycles. The zero-order chi connectivity index (χ0) is 13.9. The molecule has 4 heteroatoms. The van der Waals surface area contributed by atoms with Gasteiger partial charge in [-0.25, -0.2) is 0 Å². The highest BCUT2D eigenvalue weighted by Gasteiger charge is 2.33. The van der Waals surface area contributed by atoms with Crippen LogP contribution in [-0.2, 0) is 4.79 Å². The number of pyridine rings is 1. The quantitative estimate of drug-likeness (QED) is 0.919. The topological polar surface area (TPSA) is 59.2 Å². The Labute approximate surface area is 120 Å². The molecule has 1 saturated heterocycles. The van der Waals surface area contributed by atoms with Crippen LogP contribution in [0.2, 0.25) is 0 Å². The molecule has 2 N–H and O–H groups in total. The standard InChI is InChI=1S/C16H23N3O/c17-14-6-1-4-12(14)10-16(20)19-9-3-7-15(19)13-5-2-8-18-11-13/h2,5,8,11-12,14-15H,1,3-4,6-7,9-10,17H2/t12-,14+,15?/m0/s1. The van der Waals surface area contributed by atoms with Gasteiger partial charge in [0.1, 0.15) is 0 Å². The average molecular weight is 273 g/mol. The zero-order valence-corrected chi connectivity index (χ0v) is 11.9. The van der Waals surface area contributed by atoms with Gasteiger partial charge in [0.2, 0.25) is 5.91 Å². The highest BCUT2D eigenvalue weighted by molar-refractivity contribution is 5.77. The molecule has 0 aromatic carbocycles. The smallest absolute Gasteiger partial charge is 0.223 e. The number of carbonyl (C=O) groups is 1. The Morgan fingerprint density at radius 1 is 1.35 bits per heavy atom.